The number of rotatable bonds is 6. The molecule has 3 rings (SSSR count). The molecule has 0 radical (unpaired) electrons. The molecule has 0 saturated heterocycles. The van der Waals surface area contributed by atoms with Crippen LogP contribution in [0, 0.1) is 0 Å². The molecule has 3 heteroatoms. The maximum atomic E-state index is 6.03. The van der Waals surface area contributed by atoms with Gasteiger partial charge in [0.1, 0.15) is 17.6 Å². The lowest BCUT2D eigenvalue weighted by Crippen LogP contribution is -2.15. The summed E-state index contributed by atoms with van der Waals surface area (Å²) in [5.74, 6) is 1.68. The maximum absolute atomic E-state index is 6.03. The van der Waals surface area contributed by atoms with Crippen molar-refractivity contribution in [1.29, 1.82) is 0 Å². The second-order valence-corrected chi connectivity index (χ2v) is 5.80. The van der Waals surface area contributed by atoms with Crippen molar-refractivity contribution in [2.24, 2.45) is 0 Å². The minimum absolute atomic E-state index is 0.0680. The second-order valence-electron chi connectivity index (χ2n) is 5.80. The third kappa shape index (κ3) is 4.14. The van der Waals surface area contributed by atoms with Crippen molar-refractivity contribution >= 4 is 0 Å². The van der Waals surface area contributed by atoms with E-state index in [4.69, 9.17) is 14.2 Å². The van der Waals surface area contributed by atoms with Crippen molar-refractivity contribution in [2.75, 3.05) is 7.11 Å². The molecule has 120 valence electrons. The number of hydrogen-bond acceptors (Lipinski definition) is 3. The van der Waals surface area contributed by atoms with Crippen LogP contribution in [0.4, 0.5) is 0 Å². The molecule has 0 unspecified atom stereocenters. The third-order valence-corrected chi connectivity index (χ3v) is 4.08. The van der Waals surface area contributed by atoms with Gasteiger partial charge in [0, 0.05) is 12.8 Å². The van der Waals surface area contributed by atoms with E-state index >= 15 is 0 Å². The Labute approximate surface area is 137 Å². The normalized spacial score (nSPS) is 20.5. The summed E-state index contributed by atoms with van der Waals surface area (Å²) in [6.45, 7) is 4.75. The zero-order chi connectivity index (χ0) is 16.1. The predicted octanol–water partition coefficient (Wildman–Crippen LogP) is 4.38. The van der Waals surface area contributed by atoms with Crippen LogP contribution in [0.15, 0.2) is 66.7 Å². The van der Waals surface area contributed by atoms with E-state index in [1.165, 1.54) is 5.56 Å². The van der Waals surface area contributed by atoms with E-state index in [0.29, 0.717) is 6.61 Å². The van der Waals surface area contributed by atoms with Gasteiger partial charge in [0.25, 0.3) is 0 Å². The van der Waals surface area contributed by atoms with Crippen molar-refractivity contribution in [3.05, 3.63) is 72.3 Å². The Kier molecular flexibility index (Phi) is 4.99. The summed E-state index contributed by atoms with van der Waals surface area (Å²) in [4.78, 5) is 0. The van der Waals surface area contributed by atoms with Crippen molar-refractivity contribution in [3.8, 4) is 11.5 Å². The molecule has 0 spiro atoms. The Bertz CT molecular complexity index is 634. The molecule has 1 aliphatic rings. The van der Waals surface area contributed by atoms with Crippen LogP contribution in [0.2, 0.25) is 0 Å². The molecule has 2 aromatic rings. The van der Waals surface area contributed by atoms with Crippen molar-refractivity contribution in [1.82, 2.24) is 0 Å². The quantitative estimate of drug-likeness (QED) is 0.741. The van der Waals surface area contributed by atoms with E-state index in [0.717, 1.165) is 29.9 Å². The highest BCUT2D eigenvalue weighted by atomic mass is 16.5. The molecule has 0 aromatic heterocycles. The summed E-state index contributed by atoms with van der Waals surface area (Å²) in [6, 6.07) is 17.9. The van der Waals surface area contributed by atoms with Gasteiger partial charge in [-0.3, -0.25) is 0 Å². The Morgan fingerprint density at radius 1 is 1.00 bits per heavy atom. The molecular formula is C20H22O3. The monoisotopic (exact) mass is 310 g/mol. The van der Waals surface area contributed by atoms with Crippen LogP contribution in [-0.4, -0.2) is 19.3 Å². The topological polar surface area (TPSA) is 27.7 Å². The van der Waals surface area contributed by atoms with Crippen molar-refractivity contribution in [2.45, 2.75) is 31.7 Å². The standard InChI is InChI=1S/C20H22O3/c1-15-12-19(23-18-10-8-17(21-2)9-11-18)13-20(15)22-14-16-6-4-3-5-7-16/h3-11,19-20H,1,12-14H2,2H3/t19-,20-/m1/s1. The summed E-state index contributed by atoms with van der Waals surface area (Å²) >= 11 is 0. The van der Waals surface area contributed by atoms with Crippen LogP contribution in [0.5, 0.6) is 11.5 Å². The first-order valence-electron chi connectivity index (χ1n) is 7.88. The molecule has 0 heterocycles. The molecule has 0 N–H and O–H groups in total. The number of ether oxygens (including phenoxy) is 3. The zero-order valence-electron chi connectivity index (χ0n) is 13.4. The van der Waals surface area contributed by atoms with Crippen molar-refractivity contribution in [3.63, 3.8) is 0 Å². The van der Waals surface area contributed by atoms with Gasteiger partial charge in [0.05, 0.1) is 19.8 Å². The van der Waals surface area contributed by atoms with Gasteiger partial charge in [0.15, 0.2) is 0 Å². The lowest BCUT2D eigenvalue weighted by molar-refractivity contribution is 0.0556. The Hall–Kier alpha value is -2.26. The molecule has 0 aliphatic heterocycles. The summed E-state index contributed by atoms with van der Waals surface area (Å²) in [7, 11) is 1.66. The van der Waals surface area contributed by atoms with Gasteiger partial charge in [-0.25, -0.2) is 0 Å². The lowest BCUT2D eigenvalue weighted by Gasteiger charge is -2.15. The number of benzene rings is 2. The van der Waals surface area contributed by atoms with Crippen molar-refractivity contribution < 1.29 is 14.2 Å². The Balaban J connectivity index is 1.52. The molecule has 1 saturated carbocycles. The molecule has 1 fully saturated rings. The molecule has 0 amide bonds. The van der Waals surface area contributed by atoms with E-state index in [-0.39, 0.29) is 12.2 Å². The average Bonchev–Trinajstić information content (AvgIpc) is 2.94. The van der Waals surface area contributed by atoms with Gasteiger partial charge in [-0.05, 0) is 35.4 Å². The minimum atomic E-state index is 0.0680. The van der Waals surface area contributed by atoms with E-state index in [1.807, 2.05) is 42.5 Å². The number of hydrogen-bond donors (Lipinski definition) is 0. The fraction of sp³-hybridized carbons (Fsp3) is 0.300. The molecule has 23 heavy (non-hydrogen) atoms. The van der Waals surface area contributed by atoms with Crippen LogP contribution in [0.3, 0.4) is 0 Å². The molecule has 0 bridgehead atoms. The average molecular weight is 310 g/mol. The number of methoxy groups -OCH3 is 1. The van der Waals surface area contributed by atoms with Gasteiger partial charge in [0.2, 0.25) is 0 Å². The fourth-order valence-electron chi connectivity index (χ4n) is 2.81. The summed E-state index contributed by atoms with van der Waals surface area (Å²) in [6.07, 6.45) is 1.87. The summed E-state index contributed by atoms with van der Waals surface area (Å²) < 4.78 is 17.2. The second kappa shape index (κ2) is 7.34. The van der Waals surface area contributed by atoms with E-state index in [9.17, 15) is 0 Å². The van der Waals surface area contributed by atoms with Crippen LogP contribution in [-0.2, 0) is 11.3 Å². The smallest absolute Gasteiger partial charge is 0.120 e. The molecule has 3 nitrogen and oxygen atoms in total. The highest BCUT2D eigenvalue weighted by Gasteiger charge is 2.30. The van der Waals surface area contributed by atoms with Crippen LogP contribution >= 0.6 is 0 Å². The van der Waals surface area contributed by atoms with Gasteiger partial charge >= 0.3 is 0 Å². The predicted molar refractivity (Wildman–Crippen MR) is 90.8 cm³/mol. The highest BCUT2D eigenvalue weighted by Crippen LogP contribution is 2.31. The molecule has 2 atom stereocenters. The lowest BCUT2D eigenvalue weighted by atomic mass is 10.2. The molecular weight excluding hydrogens is 288 g/mol. The van der Waals surface area contributed by atoms with Gasteiger partial charge in [-0.2, -0.15) is 0 Å². The Morgan fingerprint density at radius 2 is 1.70 bits per heavy atom. The van der Waals surface area contributed by atoms with E-state index in [2.05, 4.69) is 18.7 Å². The summed E-state index contributed by atoms with van der Waals surface area (Å²) in [5.41, 5.74) is 2.29. The minimum Gasteiger partial charge on any atom is -0.497 e. The van der Waals surface area contributed by atoms with Crippen LogP contribution < -0.4 is 9.47 Å². The third-order valence-electron chi connectivity index (χ3n) is 4.08. The zero-order valence-corrected chi connectivity index (χ0v) is 13.4. The van der Waals surface area contributed by atoms with Crippen LogP contribution in [0.1, 0.15) is 18.4 Å². The van der Waals surface area contributed by atoms with Gasteiger partial charge < -0.3 is 14.2 Å². The fourth-order valence-corrected chi connectivity index (χ4v) is 2.81. The van der Waals surface area contributed by atoms with Gasteiger partial charge in [-0.15, -0.1) is 0 Å². The Morgan fingerprint density at radius 3 is 2.39 bits per heavy atom. The first kappa shape index (κ1) is 15.6. The first-order valence-corrected chi connectivity index (χ1v) is 7.88. The molecule has 1 aliphatic carbocycles. The van der Waals surface area contributed by atoms with Gasteiger partial charge in [-0.1, -0.05) is 36.9 Å². The maximum Gasteiger partial charge on any atom is 0.120 e. The first-order chi connectivity index (χ1) is 11.2. The SMILES string of the molecule is C=C1C[C@@H](Oc2ccc(OC)cc2)C[C@H]1OCc1ccccc1. The van der Waals surface area contributed by atoms with E-state index < -0.39 is 0 Å². The largest absolute Gasteiger partial charge is 0.497 e. The van der Waals surface area contributed by atoms with E-state index in [1.54, 1.807) is 7.11 Å². The van der Waals surface area contributed by atoms with Crippen LogP contribution in [0.25, 0.3) is 0 Å². The highest BCUT2D eigenvalue weighted by molar-refractivity contribution is 5.31. The summed E-state index contributed by atoms with van der Waals surface area (Å²) in [5, 5.41) is 0. The molecule has 2 aromatic carbocycles.